The number of amides is 2. The minimum atomic E-state index is -0.254. The van der Waals surface area contributed by atoms with Crippen molar-refractivity contribution in [2.24, 2.45) is 0 Å². The van der Waals surface area contributed by atoms with Gasteiger partial charge in [-0.3, -0.25) is 9.59 Å². The number of hydrogen-bond acceptors (Lipinski definition) is 2. The molecule has 0 bridgehead atoms. The van der Waals surface area contributed by atoms with Gasteiger partial charge in [0.05, 0.1) is 6.54 Å². The summed E-state index contributed by atoms with van der Waals surface area (Å²) in [4.78, 5) is 22.7. The Hall–Kier alpha value is -1.30. The Labute approximate surface area is 102 Å². The number of carbonyl (C=O) groups is 2. The fourth-order valence-corrected chi connectivity index (χ4v) is 1.73. The zero-order chi connectivity index (χ0) is 12.1. The molecule has 1 rings (SSSR count). The standard InChI is InChI=1S/C10H14BrN3O2/c1-3-14-6-7(11)4-8(14)10(16)13-5-9(15)12-2/h4,6H,3,5H2,1-2H3,(H,12,15)(H,13,16). The summed E-state index contributed by atoms with van der Waals surface area (Å²) in [5.74, 6) is -0.474. The number of aromatic nitrogens is 1. The molecule has 2 N–H and O–H groups in total. The number of likely N-dealkylation sites (N-methyl/N-ethyl adjacent to an activating group) is 1. The molecule has 0 aromatic carbocycles. The van der Waals surface area contributed by atoms with Crippen molar-refractivity contribution >= 4 is 27.7 Å². The first-order valence-corrected chi connectivity index (χ1v) is 5.72. The number of hydrogen-bond donors (Lipinski definition) is 2. The maximum Gasteiger partial charge on any atom is 0.268 e. The van der Waals surface area contributed by atoms with Gasteiger partial charge in [-0.2, -0.15) is 0 Å². The van der Waals surface area contributed by atoms with E-state index < -0.39 is 0 Å². The Morgan fingerprint density at radius 3 is 2.75 bits per heavy atom. The number of nitrogens with zero attached hydrogens (tertiary/aromatic N) is 1. The maximum absolute atomic E-state index is 11.7. The predicted octanol–water partition coefficient (Wildman–Crippen LogP) is 0.746. The molecule has 0 aliphatic carbocycles. The molecule has 88 valence electrons. The topological polar surface area (TPSA) is 63.1 Å². The zero-order valence-electron chi connectivity index (χ0n) is 9.21. The Morgan fingerprint density at radius 2 is 2.19 bits per heavy atom. The first kappa shape index (κ1) is 12.8. The van der Waals surface area contributed by atoms with Crippen molar-refractivity contribution in [1.29, 1.82) is 0 Å². The number of nitrogens with one attached hydrogen (secondary N) is 2. The molecule has 0 spiro atoms. The second-order valence-corrected chi connectivity index (χ2v) is 4.10. The summed E-state index contributed by atoms with van der Waals surface area (Å²) in [5, 5.41) is 4.98. The molecule has 1 aromatic rings. The van der Waals surface area contributed by atoms with Crippen LogP contribution in [0.15, 0.2) is 16.7 Å². The lowest BCUT2D eigenvalue weighted by Gasteiger charge is -2.06. The number of halogens is 1. The second kappa shape index (κ2) is 5.69. The van der Waals surface area contributed by atoms with E-state index in [-0.39, 0.29) is 18.4 Å². The molecule has 0 aliphatic heterocycles. The first-order chi connectivity index (χ1) is 7.58. The highest BCUT2D eigenvalue weighted by Gasteiger charge is 2.12. The van der Waals surface area contributed by atoms with E-state index in [1.807, 2.05) is 17.7 Å². The van der Waals surface area contributed by atoms with E-state index in [2.05, 4.69) is 26.6 Å². The van der Waals surface area contributed by atoms with Crippen LogP contribution in [0.4, 0.5) is 0 Å². The van der Waals surface area contributed by atoms with Crippen molar-refractivity contribution in [3.8, 4) is 0 Å². The highest BCUT2D eigenvalue weighted by Crippen LogP contribution is 2.14. The van der Waals surface area contributed by atoms with E-state index in [0.717, 1.165) is 4.47 Å². The Balaban J connectivity index is 2.68. The average molecular weight is 288 g/mol. The largest absolute Gasteiger partial charge is 0.358 e. The number of rotatable bonds is 4. The molecule has 0 atom stereocenters. The van der Waals surface area contributed by atoms with Gasteiger partial charge in [0.2, 0.25) is 5.91 Å². The van der Waals surface area contributed by atoms with Crippen LogP contribution in [0.25, 0.3) is 0 Å². The molecule has 0 fully saturated rings. The van der Waals surface area contributed by atoms with Gasteiger partial charge >= 0.3 is 0 Å². The molecule has 16 heavy (non-hydrogen) atoms. The lowest BCUT2D eigenvalue weighted by molar-refractivity contribution is -0.119. The SMILES string of the molecule is CCn1cc(Br)cc1C(=O)NCC(=O)NC. The summed E-state index contributed by atoms with van der Waals surface area (Å²) < 4.78 is 2.66. The van der Waals surface area contributed by atoms with Gasteiger partial charge in [-0.15, -0.1) is 0 Å². The van der Waals surface area contributed by atoms with Crippen LogP contribution in [-0.2, 0) is 11.3 Å². The van der Waals surface area contributed by atoms with Crippen molar-refractivity contribution < 1.29 is 9.59 Å². The van der Waals surface area contributed by atoms with Crippen molar-refractivity contribution in [3.63, 3.8) is 0 Å². The lowest BCUT2D eigenvalue weighted by Crippen LogP contribution is -2.35. The normalized spacial score (nSPS) is 9.94. The fraction of sp³-hybridized carbons (Fsp3) is 0.400. The molecule has 0 saturated carbocycles. The van der Waals surface area contributed by atoms with Gasteiger partial charge in [0.25, 0.3) is 5.91 Å². The van der Waals surface area contributed by atoms with Crippen LogP contribution in [0.2, 0.25) is 0 Å². The third kappa shape index (κ3) is 3.10. The van der Waals surface area contributed by atoms with Crippen molar-refractivity contribution in [2.45, 2.75) is 13.5 Å². The summed E-state index contributed by atoms with van der Waals surface area (Å²) in [6.45, 7) is 2.64. The van der Waals surface area contributed by atoms with Gasteiger partial charge in [-0.1, -0.05) is 0 Å². The average Bonchev–Trinajstić information content (AvgIpc) is 2.66. The molecule has 0 radical (unpaired) electrons. The van der Waals surface area contributed by atoms with Gasteiger partial charge in [-0.05, 0) is 28.9 Å². The molecular weight excluding hydrogens is 274 g/mol. The van der Waals surface area contributed by atoms with Gasteiger partial charge in [-0.25, -0.2) is 0 Å². The molecule has 0 aliphatic rings. The Morgan fingerprint density at radius 1 is 1.50 bits per heavy atom. The Kier molecular flexibility index (Phi) is 4.54. The summed E-state index contributed by atoms with van der Waals surface area (Å²) in [5.41, 5.74) is 0.540. The minimum Gasteiger partial charge on any atom is -0.358 e. The van der Waals surface area contributed by atoms with Crippen molar-refractivity contribution in [3.05, 3.63) is 22.4 Å². The zero-order valence-corrected chi connectivity index (χ0v) is 10.8. The van der Waals surface area contributed by atoms with E-state index in [0.29, 0.717) is 12.2 Å². The third-order valence-corrected chi connectivity index (χ3v) is 2.56. The molecule has 2 amide bonds. The van der Waals surface area contributed by atoms with Crippen molar-refractivity contribution in [2.75, 3.05) is 13.6 Å². The monoisotopic (exact) mass is 287 g/mol. The van der Waals surface area contributed by atoms with E-state index in [1.54, 1.807) is 6.07 Å². The molecule has 0 saturated heterocycles. The highest BCUT2D eigenvalue weighted by atomic mass is 79.9. The molecule has 1 aromatic heterocycles. The van der Waals surface area contributed by atoms with Crippen LogP contribution < -0.4 is 10.6 Å². The summed E-state index contributed by atoms with van der Waals surface area (Å²) in [6, 6.07) is 1.72. The lowest BCUT2D eigenvalue weighted by atomic mass is 10.4. The van der Waals surface area contributed by atoms with Crippen LogP contribution in [0.5, 0.6) is 0 Å². The van der Waals surface area contributed by atoms with Crippen LogP contribution >= 0.6 is 15.9 Å². The smallest absolute Gasteiger partial charge is 0.268 e. The van der Waals surface area contributed by atoms with E-state index in [9.17, 15) is 9.59 Å². The first-order valence-electron chi connectivity index (χ1n) is 4.93. The molecule has 6 heteroatoms. The molecule has 5 nitrogen and oxygen atoms in total. The van der Waals surface area contributed by atoms with Crippen molar-refractivity contribution in [1.82, 2.24) is 15.2 Å². The van der Waals surface area contributed by atoms with Crippen LogP contribution in [0, 0.1) is 0 Å². The van der Waals surface area contributed by atoms with Crippen LogP contribution in [0.1, 0.15) is 17.4 Å². The molecule has 0 unspecified atom stereocenters. The van der Waals surface area contributed by atoms with Gasteiger partial charge in [0.15, 0.2) is 0 Å². The van der Waals surface area contributed by atoms with Crippen LogP contribution in [-0.4, -0.2) is 30.0 Å². The highest BCUT2D eigenvalue weighted by molar-refractivity contribution is 9.10. The van der Waals surface area contributed by atoms with E-state index in [1.165, 1.54) is 7.05 Å². The summed E-state index contributed by atoms with van der Waals surface area (Å²) >= 11 is 3.31. The van der Waals surface area contributed by atoms with Gasteiger partial charge in [0.1, 0.15) is 5.69 Å². The van der Waals surface area contributed by atoms with E-state index >= 15 is 0 Å². The quantitative estimate of drug-likeness (QED) is 0.858. The number of aryl methyl sites for hydroxylation is 1. The van der Waals surface area contributed by atoms with Gasteiger partial charge < -0.3 is 15.2 Å². The Bertz CT molecular complexity index is 401. The van der Waals surface area contributed by atoms with Crippen LogP contribution in [0.3, 0.4) is 0 Å². The maximum atomic E-state index is 11.7. The second-order valence-electron chi connectivity index (χ2n) is 3.19. The third-order valence-electron chi connectivity index (χ3n) is 2.12. The predicted molar refractivity (Wildman–Crippen MR) is 64.2 cm³/mol. The number of carbonyl (C=O) groups excluding carboxylic acids is 2. The molecular formula is C10H14BrN3O2. The summed E-state index contributed by atoms with van der Waals surface area (Å²) in [6.07, 6.45) is 1.83. The summed E-state index contributed by atoms with van der Waals surface area (Å²) in [7, 11) is 1.53. The van der Waals surface area contributed by atoms with E-state index in [4.69, 9.17) is 0 Å². The minimum absolute atomic E-state index is 0.0121. The van der Waals surface area contributed by atoms with Gasteiger partial charge in [0, 0.05) is 24.3 Å². The fourth-order valence-electron chi connectivity index (χ4n) is 1.27. The molecule has 1 heterocycles.